The van der Waals surface area contributed by atoms with E-state index in [0.717, 1.165) is 12.8 Å². The Morgan fingerprint density at radius 1 is 1.53 bits per heavy atom. The molecule has 3 nitrogen and oxygen atoms in total. The van der Waals surface area contributed by atoms with E-state index in [1.807, 2.05) is 0 Å². The molecule has 1 aliphatic rings. The molecule has 0 bridgehead atoms. The molecule has 0 aliphatic heterocycles. The molecule has 2 rings (SSSR count). The van der Waals surface area contributed by atoms with Gasteiger partial charge in [-0.2, -0.15) is 0 Å². The minimum atomic E-state index is -0.760. The van der Waals surface area contributed by atoms with Crippen LogP contribution in [0.25, 0.3) is 0 Å². The molecule has 1 saturated carbocycles. The number of hydrogen-bond acceptors (Lipinski definition) is 2. The second kappa shape index (κ2) is 5.29. The van der Waals surface area contributed by atoms with Crippen molar-refractivity contribution in [1.82, 2.24) is 5.32 Å². The van der Waals surface area contributed by atoms with Gasteiger partial charge in [0, 0.05) is 12.6 Å². The highest BCUT2D eigenvalue weighted by molar-refractivity contribution is 5.87. The summed E-state index contributed by atoms with van der Waals surface area (Å²) in [5.74, 6) is 0.0913. The van der Waals surface area contributed by atoms with E-state index in [2.05, 4.69) is 5.32 Å². The third-order valence-electron chi connectivity index (χ3n) is 3.88. The number of hydrogen-bond donors (Lipinski definition) is 2. The summed E-state index contributed by atoms with van der Waals surface area (Å²) in [6, 6.07) is 6.23. The molecule has 1 fully saturated rings. The third-order valence-corrected chi connectivity index (χ3v) is 3.88. The summed E-state index contributed by atoms with van der Waals surface area (Å²) in [6.45, 7) is 4.06. The van der Waals surface area contributed by atoms with Crippen molar-refractivity contribution in [3.8, 4) is 0 Å². The van der Waals surface area contributed by atoms with Gasteiger partial charge in [-0.15, -0.1) is 0 Å². The Labute approximate surface area is 113 Å². The normalized spacial score (nSPS) is 17.1. The van der Waals surface area contributed by atoms with Crippen LogP contribution in [0.5, 0.6) is 0 Å². The quantitative estimate of drug-likeness (QED) is 0.854. The van der Waals surface area contributed by atoms with Crippen LogP contribution < -0.4 is 11.1 Å². The average molecular weight is 264 g/mol. The van der Waals surface area contributed by atoms with Gasteiger partial charge in [-0.1, -0.05) is 12.1 Å². The smallest absolute Gasteiger partial charge is 0.230 e. The van der Waals surface area contributed by atoms with E-state index in [0.29, 0.717) is 18.0 Å². The van der Waals surface area contributed by atoms with Crippen LogP contribution in [-0.2, 0) is 10.2 Å². The fraction of sp³-hybridized carbons (Fsp3) is 0.533. The van der Waals surface area contributed by atoms with Gasteiger partial charge in [-0.25, -0.2) is 4.39 Å². The number of nitrogens with one attached hydrogen (secondary N) is 1. The van der Waals surface area contributed by atoms with Crippen molar-refractivity contribution in [3.63, 3.8) is 0 Å². The van der Waals surface area contributed by atoms with Crippen LogP contribution >= 0.6 is 0 Å². The number of carbonyl (C=O) groups is 1. The van der Waals surface area contributed by atoms with Crippen LogP contribution in [0.3, 0.4) is 0 Å². The molecule has 1 unspecified atom stereocenters. The monoisotopic (exact) mass is 264 g/mol. The lowest BCUT2D eigenvalue weighted by Gasteiger charge is -2.27. The summed E-state index contributed by atoms with van der Waals surface area (Å²) in [6.07, 6.45) is 2.26. The van der Waals surface area contributed by atoms with E-state index in [9.17, 15) is 9.18 Å². The van der Waals surface area contributed by atoms with Crippen molar-refractivity contribution < 1.29 is 9.18 Å². The van der Waals surface area contributed by atoms with Gasteiger partial charge in [0.25, 0.3) is 0 Å². The number of benzene rings is 1. The Morgan fingerprint density at radius 3 is 2.74 bits per heavy atom. The van der Waals surface area contributed by atoms with Crippen LogP contribution in [0.4, 0.5) is 4.39 Å². The van der Waals surface area contributed by atoms with Crippen LogP contribution in [-0.4, -0.2) is 18.5 Å². The van der Waals surface area contributed by atoms with Crippen molar-refractivity contribution in [1.29, 1.82) is 0 Å². The molecule has 4 heteroatoms. The van der Waals surface area contributed by atoms with E-state index < -0.39 is 5.41 Å². The summed E-state index contributed by atoms with van der Waals surface area (Å²) in [4.78, 5) is 12.4. The van der Waals surface area contributed by atoms with Gasteiger partial charge in [0.2, 0.25) is 5.91 Å². The van der Waals surface area contributed by atoms with Crippen molar-refractivity contribution in [2.24, 2.45) is 11.7 Å². The minimum Gasteiger partial charge on any atom is -0.351 e. The Balaban J connectivity index is 2.11. The van der Waals surface area contributed by atoms with E-state index in [1.165, 1.54) is 12.1 Å². The zero-order valence-electron chi connectivity index (χ0n) is 11.4. The summed E-state index contributed by atoms with van der Waals surface area (Å²) < 4.78 is 13.3. The molecule has 0 heterocycles. The molecule has 0 aromatic heterocycles. The lowest BCUT2D eigenvalue weighted by molar-refractivity contribution is -0.126. The number of rotatable bonds is 5. The highest BCUT2D eigenvalue weighted by atomic mass is 19.1. The first-order valence-electron chi connectivity index (χ1n) is 6.72. The van der Waals surface area contributed by atoms with E-state index in [1.54, 1.807) is 26.0 Å². The van der Waals surface area contributed by atoms with Gasteiger partial charge in [-0.3, -0.25) is 4.79 Å². The highest BCUT2D eigenvalue weighted by Crippen LogP contribution is 2.33. The fourth-order valence-corrected chi connectivity index (χ4v) is 2.22. The maximum atomic E-state index is 13.3. The van der Waals surface area contributed by atoms with Gasteiger partial charge in [-0.05, 0) is 50.3 Å². The third kappa shape index (κ3) is 3.13. The van der Waals surface area contributed by atoms with Gasteiger partial charge < -0.3 is 11.1 Å². The van der Waals surface area contributed by atoms with Crippen LogP contribution in [0.1, 0.15) is 32.3 Å². The van der Waals surface area contributed by atoms with Gasteiger partial charge in [0.05, 0.1) is 5.41 Å². The number of amides is 1. The maximum Gasteiger partial charge on any atom is 0.230 e. The van der Waals surface area contributed by atoms with Crippen molar-refractivity contribution in [2.45, 2.75) is 38.1 Å². The van der Waals surface area contributed by atoms with E-state index in [-0.39, 0.29) is 17.8 Å². The van der Waals surface area contributed by atoms with Crippen LogP contribution in [0, 0.1) is 11.7 Å². The van der Waals surface area contributed by atoms with Crippen LogP contribution in [0.2, 0.25) is 0 Å². The lowest BCUT2D eigenvalue weighted by Crippen LogP contribution is -2.48. The predicted molar refractivity (Wildman–Crippen MR) is 73.1 cm³/mol. The van der Waals surface area contributed by atoms with Crippen molar-refractivity contribution in [2.75, 3.05) is 6.54 Å². The molecule has 1 atom stereocenters. The van der Waals surface area contributed by atoms with Crippen molar-refractivity contribution in [3.05, 3.63) is 35.6 Å². The molecule has 0 saturated heterocycles. The van der Waals surface area contributed by atoms with Gasteiger partial charge in [0.1, 0.15) is 5.82 Å². The molecule has 1 aliphatic carbocycles. The summed E-state index contributed by atoms with van der Waals surface area (Å²) in [7, 11) is 0. The molecular formula is C15H21FN2O. The first-order chi connectivity index (χ1) is 8.95. The molecule has 1 amide bonds. The summed E-state index contributed by atoms with van der Waals surface area (Å²) in [5.41, 5.74) is 5.61. The standard InChI is InChI=1S/C15H21FN2O/c1-15(2,11-4-3-5-12(16)8-11)14(19)18-13(9-17)10-6-7-10/h3-5,8,10,13H,6-7,9,17H2,1-2H3,(H,18,19). The molecule has 3 N–H and O–H groups in total. The Kier molecular flexibility index (Phi) is 3.90. The van der Waals surface area contributed by atoms with Gasteiger partial charge >= 0.3 is 0 Å². The molecule has 1 aromatic rings. The van der Waals surface area contributed by atoms with Crippen molar-refractivity contribution >= 4 is 5.91 Å². The first kappa shape index (κ1) is 14.0. The number of halogens is 1. The molecule has 1 aromatic carbocycles. The summed E-state index contributed by atoms with van der Waals surface area (Å²) >= 11 is 0. The maximum absolute atomic E-state index is 13.3. The van der Waals surface area contributed by atoms with E-state index >= 15 is 0 Å². The topological polar surface area (TPSA) is 55.1 Å². The van der Waals surface area contributed by atoms with E-state index in [4.69, 9.17) is 5.73 Å². The van der Waals surface area contributed by atoms with Gasteiger partial charge in [0.15, 0.2) is 0 Å². The second-order valence-corrected chi connectivity index (χ2v) is 5.79. The first-order valence-corrected chi connectivity index (χ1v) is 6.72. The molecule has 19 heavy (non-hydrogen) atoms. The Hall–Kier alpha value is -1.42. The fourth-order valence-electron chi connectivity index (χ4n) is 2.22. The molecule has 0 radical (unpaired) electrons. The Bertz CT molecular complexity index is 469. The zero-order valence-corrected chi connectivity index (χ0v) is 11.4. The second-order valence-electron chi connectivity index (χ2n) is 5.79. The lowest BCUT2D eigenvalue weighted by atomic mass is 9.83. The minimum absolute atomic E-state index is 0.0420. The largest absolute Gasteiger partial charge is 0.351 e. The average Bonchev–Trinajstić information content (AvgIpc) is 3.19. The molecule has 104 valence electrons. The highest BCUT2D eigenvalue weighted by Gasteiger charge is 2.36. The number of nitrogens with two attached hydrogens (primary N) is 1. The summed E-state index contributed by atoms with van der Waals surface area (Å²) in [5, 5.41) is 3.00. The predicted octanol–water partition coefficient (Wildman–Crippen LogP) is 1.96. The van der Waals surface area contributed by atoms with Crippen LogP contribution in [0.15, 0.2) is 24.3 Å². The molecular weight excluding hydrogens is 243 g/mol. The number of carbonyl (C=O) groups excluding carboxylic acids is 1. The Morgan fingerprint density at radius 2 is 2.21 bits per heavy atom. The SMILES string of the molecule is CC(C)(C(=O)NC(CN)C1CC1)c1cccc(F)c1. The molecule has 0 spiro atoms. The zero-order chi connectivity index (χ0) is 14.0.